The van der Waals surface area contributed by atoms with Crippen molar-refractivity contribution in [3.63, 3.8) is 0 Å². The van der Waals surface area contributed by atoms with E-state index in [1.807, 2.05) is 90.3 Å². The highest BCUT2D eigenvalue weighted by molar-refractivity contribution is 7.18. The lowest BCUT2D eigenvalue weighted by Gasteiger charge is -2.21. The smallest absolute Gasteiger partial charge is 0.280 e. The van der Waals surface area contributed by atoms with Crippen molar-refractivity contribution in [2.75, 3.05) is 35.6 Å². The van der Waals surface area contributed by atoms with Crippen molar-refractivity contribution in [1.82, 2.24) is 60.6 Å². The lowest BCUT2D eigenvalue weighted by Crippen LogP contribution is -2.37. The fourth-order valence-electron chi connectivity index (χ4n) is 14.1. The van der Waals surface area contributed by atoms with Gasteiger partial charge in [0.25, 0.3) is 41.4 Å². The first-order chi connectivity index (χ1) is 48.0. The van der Waals surface area contributed by atoms with E-state index in [0.717, 1.165) is 101 Å². The fourth-order valence-corrected chi connectivity index (χ4v) is 17.2. The van der Waals surface area contributed by atoms with Crippen LogP contribution in [-0.4, -0.2) is 194 Å². The molecule has 0 unspecified atom stereocenters. The molecule has 24 nitrogen and oxygen atoms in total. The summed E-state index contributed by atoms with van der Waals surface area (Å²) in [5, 5.41) is 48.1. The number of aryl methyl sites for hydroxylation is 3. The molecule has 10 heterocycles. The first kappa shape index (κ1) is 76.0. The van der Waals surface area contributed by atoms with Gasteiger partial charge in [-0.25, -0.2) is 38.7 Å². The molecule has 6 aromatic heterocycles. The second kappa shape index (κ2) is 32.7. The number of anilines is 3. The summed E-state index contributed by atoms with van der Waals surface area (Å²) < 4.78 is 28.1. The van der Waals surface area contributed by atoms with Crippen LogP contribution in [-0.2, 0) is 0 Å². The molecule has 4 saturated heterocycles. The highest BCUT2D eigenvalue weighted by Gasteiger charge is 2.47. The second-order valence-electron chi connectivity index (χ2n) is 28.7. The average Bonchev–Trinajstić information content (AvgIpc) is 1.63. The number of alkyl halides is 2. The Morgan fingerprint density at radius 3 is 1.29 bits per heavy atom. The molecule has 2 bridgehead atoms. The number of nitrogens with zero attached hydrogens (tertiary/aromatic N) is 9. The maximum absolute atomic E-state index is 14.0. The van der Waals surface area contributed by atoms with Gasteiger partial charge in [0.05, 0.1) is 46.0 Å². The maximum atomic E-state index is 14.0. The molecule has 0 radical (unpaired) electrons. The van der Waals surface area contributed by atoms with Gasteiger partial charge >= 0.3 is 0 Å². The number of thiazole rings is 3. The number of hydrogen-bond acceptors (Lipinski definition) is 21. The van der Waals surface area contributed by atoms with E-state index in [4.69, 9.17) is 0 Å². The molecule has 7 atom stereocenters. The molecular weight excluding hydrogens is 1350 g/mol. The minimum Gasteiger partial charge on any atom is -0.394 e. The number of halogens is 2. The molecule has 101 heavy (non-hydrogen) atoms. The predicted octanol–water partition coefficient (Wildman–Crippen LogP) is 11.0. The number of aliphatic hydroxyl groups excluding tert-OH is 3. The largest absolute Gasteiger partial charge is 0.394 e. The highest BCUT2D eigenvalue weighted by atomic mass is 32.1. The Morgan fingerprint density at radius 1 is 0.564 bits per heavy atom. The predicted molar refractivity (Wildman–Crippen MR) is 389 cm³/mol. The molecular formula is C72H97F2N15O9S3. The Hall–Kier alpha value is -7.70. The number of rotatable bonds is 20. The van der Waals surface area contributed by atoms with Crippen LogP contribution in [0.15, 0.2) is 36.8 Å². The second-order valence-corrected chi connectivity index (χ2v) is 31.7. The minimum absolute atomic E-state index is 0.0226. The van der Waals surface area contributed by atoms with Gasteiger partial charge in [0.2, 0.25) is 0 Å². The van der Waals surface area contributed by atoms with Gasteiger partial charge in [-0.2, -0.15) is 0 Å². The summed E-state index contributed by atoms with van der Waals surface area (Å²) in [6, 6.07) is 5.91. The molecule has 6 fully saturated rings. The van der Waals surface area contributed by atoms with E-state index in [9.17, 15) is 52.9 Å². The summed E-state index contributed by atoms with van der Waals surface area (Å²) in [5.74, 6) is -2.71. The van der Waals surface area contributed by atoms with Gasteiger partial charge in [-0.3, -0.25) is 28.8 Å². The number of pyridine rings is 3. The summed E-state index contributed by atoms with van der Waals surface area (Å²) >= 11 is 3.49. The van der Waals surface area contributed by atoms with Crippen molar-refractivity contribution in [2.45, 2.75) is 252 Å². The number of carbonyl (C=O) groups excluding carboxylic acids is 6. The van der Waals surface area contributed by atoms with Crippen LogP contribution in [0.25, 0.3) is 31.3 Å². The van der Waals surface area contributed by atoms with Gasteiger partial charge < -0.3 is 61.9 Å². The average molecular weight is 1450 g/mol. The Balaban J connectivity index is 0.000000164. The number of nitrogens with one attached hydrogen (secondary N) is 6. The Bertz CT molecular complexity index is 3970. The van der Waals surface area contributed by atoms with Crippen LogP contribution < -0.4 is 31.9 Å². The van der Waals surface area contributed by atoms with E-state index in [1.54, 1.807) is 25.5 Å². The molecule has 4 aliphatic heterocycles. The monoisotopic (exact) mass is 1450 g/mol. The summed E-state index contributed by atoms with van der Waals surface area (Å²) in [4.78, 5) is 113. The molecule has 6 aliphatic rings. The summed E-state index contributed by atoms with van der Waals surface area (Å²) in [6.45, 7) is 23.4. The van der Waals surface area contributed by atoms with Gasteiger partial charge in [-0.15, -0.1) is 34.0 Å². The summed E-state index contributed by atoms with van der Waals surface area (Å²) in [6.07, 6.45) is 14.3. The minimum atomic E-state index is -2.96. The van der Waals surface area contributed by atoms with Gasteiger partial charge in [0.1, 0.15) is 34.5 Å². The van der Waals surface area contributed by atoms with E-state index in [1.165, 1.54) is 22.7 Å². The first-order valence-corrected chi connectivity index (χ1v) is 37.9. The Morgan fingerprint density at radius 2 is 0.960 bits per heavy atom. The summed E-state index contributed by atoms with van der Waals surface area (Å²) in [7, 11) is 0. The van der Waals surface area contributed by atoms with Crippen molar-refractivity contribution in [3.05, 3.63) is 85.6 Å². The van der Waals surface area contributed by atoms with Gasteiger partial charge in [0, 0.05) is 103 Å². The van der Waals surface area contributed by atoms with Crippen molar-refractivity contribution >= 4 is 86.9 Å². The van der Waals surface area contributed by atoms with Crippen LogP contribution in [0.2, 0.25) is 0 Å². The van der Waals surface area contributed by atoms with Crippen LogP contribution in [0.1, 0.15) is 230 Å². The van der Waals surface area contributed by atoms with Crippen LogP contribution >= 0.6 is 34.0 Å². The number of aliphatic hydroxyl groups is 3. The Labute approximate surface area is 601 Å². The molecule has 29 heteroatoms. The number of hydrogen-bond donors (Lipinski definition) is 9. The molecule has 0 spiro atoms. The third-order valence-electron chi connectivity index (χ3n) is 19.3. The molecule has 2 aliphatic carbocycles. The molecule has 6 aromatic rings. The fraction of sp³-hybridized carbons (Fsp3) is 0.583. The zero-order chi connectivity index (χ0) is 72.9. The van der Waals surface area contributed by atoms with Crippen molar-refractivity contribution in [3.8, 4) is 31.3 Å². The zero-order valence-corrected chi connectivity index (χ0v) is 62.2. The topological polar surface area (TPSA) is 322 Å². The summed E-state index contributed by atoms with van der Waals surface area (Å²) in [5.41, 5.74) is 5.61. The number of fused-ring (bicyclic) bond motifs is 2. The van der Waals surface area contributed by atoms with Crippen molar-refractivity contribution in [1.29, 1.82) is 0 Å². The van der Waals surface area contributed by atoms with E-state index in [2.05, 4.69) is 75.7 Å². The standard InChI is InChI=1S/C25H33N5O3S.C24H31F2N5O3S.C23H33N5O3S/c1-13(2)27-20-10-14(3)19(12-26-20)22-21(25(33)30-16-5-6-17(30)8-7-16)29-24(34-22)23(32)28-15-4-9-18(31)11-15;1-12(2)28-18-7-13(3)17(10-27-18)20-19(23(34)31-11-24(25,26)9-14(31)4)30-22(35-20)21(33)29-15-5-6-16(32)8-15;1-6-16(12-29)26-21(30)22-27-19(23(31)28-9-7-8-15(28)5)20(32-22)17-11-24-18(10-14(17)4)25-13(2)3/h10,12-13,15-18,31H,4-9,11H2,1-3H3,(H,26,27)(H,28,32);7,10,12,14-16,32H,5-6,8-9,11H2,1-4H3,(H,27,28)(H,29,33);10-11,13,15-16,29H,6-9,12H2,1-5H3,(H,24,25)(H,26,30)/t15-,16?,17?,18-;14-,15+,16+;15-,16-/m000/s1. The molecule has 9 N–H and O–H groups in total. The third kappa shape index (κ3) is 18.2. The van der Waals surface area contributed by atoms with Crippen molar-refractivity contribution in [2.24, 2.45) is 0 Å². The van der Waals surface area contributed by atoms with Gasteiger partial charge in [-0.1, -0.05) is 6.92 Å². The quantitative estimate of drug-likeness (QED) is 0.0343. The van der Waals surface area contributed by atoms with E-state index in [-0.39, 0.29) is 111 Å². The van der Waals surface area contributed by atoms with E-state index in [0.29, 0.717) is 82.5 Å². The lowest BCUT2D eigenvalue weighted by atomic mass is 10.0. The SMILES string of the molecule is CC[C@@H](CO)NC(=O)c1nc(C(=O)N2CCC[C@@H]2C)c(-c2cnc(NC(C)C)cc2C)s1.Cc1cc(NC(C)C)ncc1-c1sc(C(=O)N[C@@H]2CC[C@@H](O)C2)nc1C(=O)N1CC(F)(F)C[C@@H]1C.Cc1cc(NC(C)C)ncc1-c1sc(C(=O)N[C@H]2CC[C@H](O)C2)nc1C(=O)N1C2CCC1CC2. The molecule has 546 valence electrons. The normalized spacial score (nSPS) is 22.3. The number of likely N-dealkylation sites (tertiary alicyclic amines) is 2. The number of aromatic nitrogens is 6. The van der Waals surface area contributed by atoms with E-state index < -0.39 is 42.8 Å². The molecule has 2 saturated carbocycles. The van der Waals surface area contributed by atoms with Crippen LogP contribution in [0.4, 0.5) is 26.2 Å². The van der Waals surface area contributed by atoms with Crippen LogP contribution in [0.3, 0.4) is 0 Å². The van der Waals surface area contributed by atoms with Gasteiger partial charge in [0.15, 0.2) is 15.0 Å². The molecule has 0 aromatic carbocycles. The molecule has 12 rings (SSSR count). The molecule has 6 amide bonds. The van der Waals surface area contributed by atoms with Gasteiger partial charge in [-0.05, 0) is 195 Å². The number of carbonyl (C=O) groups is 6. The number of amides is 6. The van der Waals surface area contributed by atoms with E-state index >= 15 is 0 Å². The maximum Gasteiger partial charge on any atom is 0.280 e. The van der Waals surface area contributed by atoms with Crippen LogP contribution in [0.5, 0.6) is 0 Å². The Kier molecular flexibility index (Phi) is 24.6. The third-order valence-corrected chi connectivity index (χ3v) is 22.5. The first-order valence-electron chi connectivity index (χ1n) is 35.4. The van der Waals surface area contributed by atoms with Crippen LogP contribution in [0, 0.1) is 20.8 Å². The highest BCUT2D eigenvalue weighted by Crippen LogP contribution is 2.43. The van der Waals surface area contributed by atoms with Crippen molar-refractivity contribution < 1.29 is 52.9 Å². The lowest BCUT2D eigenvalue weighted by molar-refractivity contribution is 0.0117. The zero-order valence-electron chi connectivity index (χ0n) is 59.7.